The van der Waals surface area contributed by atoms with E-state index in [2.05, 4.69) is 0 Å². The molecule has 0 radical (unpaired) electrons. The Hall–Kier alpha value is -0.920. The van der Waals surface area contributed by atoms with Gasteiger partial charge in [-0.2, -0.15) is 0 Å². The van der Waals surface area contributed by atoms with Crippen molar-refractivity contribution in [3.05, 3.63) is 12.2 Å². The first-order valence-electron chi connectivity index (χ1n) is 4.41. The quantitative estimate of drug-likeness (QED) is 0.332. The van der Waals surface area contributed by atoms with Crippen LogP contribution in [0.3, 0.4) is 0 Å². The molecule has 0 fully saturated rings. The lowest BCUT2D eigenvalue weighted by molar-refractivity contribution is -0.118. The molecule has 0 aliphatic carbocycles. The summed E-state index contributed by atoms with van der Waals surface area (Å²) in [5.41, 5.74) is 0. The molecule has 0 heterocycles. The summed E-state index contributed by atoms with van der Waals surface area (Å²) in [5.74, 6) is 0.318. The summed E-state index contributed by atoms with van der Waals surface area (Å²) in [5, 5.41) is 0. The van der Waals surface area contributed by atoms with E-state index in [9.17, 15) is 9.59 Å². The van der Waals surface area contributed by atoms with E-state index >= 15 is 0 Å². The third kappa shape index (κ3) is 7.19. The lowest BCUT2D eigenvalue weighted by atomic mass is 10.1. The third-order valence-electron chi connectivity index (χ3n) is 1.62. The molecular formula is C10H16O2. The molecular weight excluding hydrogens is 152 g/mol. The Labute approximate surface area is 73.7 Å². The van der Waals surface area contributed by atoms with Gasteiger partial charge >= 0.3 is 0 Å². The molecule has 2 heteroatoms. The molecule has 0 N–H and O–H groups in total. The van der Waals surface area contributed by atoms with Crippen molar-refractivity contribution in [1.82, 2.24) is 0 Å². The van der Waals surface area contributed by atoms with E-state index in [0.29, 0.717) is 25.0 Å². The van der Waals surface area contributed by atoms with Gasteiger partial charge in [0.05, 0.1) is 0 Å². The topological polar surface area (TPSA) is 34.1 Å². The minimum Gasteiger partial charge on any atom is -0.303 e. The van der Waals surface area contributed by atoms with Crippen LogP contribution in [0.1, 0.15) is 39.0 Å². The molecule has 0 aromatic heterocycles. The van der Waals surface area contributed by atoms with Crippen LogP contribution in [0.2, 0.25) is 0 Å². The Morgan fingerprint density at radius 3 is 2.67 bits per heavy atom. The van der Waals surface area contributed by atoms with Crippen molar-refractivity contribution in [2.24, 2.45) is 0 Å². The van der Waals surface area contributed by atoms with Gasteiger partial charge in [0, 0.05) is 19.3 Å². The van der Waals surface area contributed by atoms with Crippen molar-refractivity contribution >= 4 is 12.1 Å². The molecule has 0 amide bonds. The molecule has 0 aromatic rings. The fourth-order valence-electron chi connectivity index (χ4n) is 0.863. The maximum atomic E-state index is 10.8. The monoisotopic (exact) mass is 168 g/mol. The van der Waals surface area contributed by atoms with Gasteiger partial charge in [-0.15, -0.1) is 0 Å². The van der Waals surface area contributed by atoms with Crippen LogP contribution in [0.25, 0.3) is 0 Å². The van der Waals surface area contributed by atoms with Gasteiger partial charge in [0.15, 0.2) is 0 Å². The van der Waals surface area contributed by atoms with Crippen LogP contribution in [-0.4, -0.2) is 12.1 Å². The van der Waals surface area contributed by atoms with Crippen molar-refractivity contribution in [2.75, 3.05) is 0 Å². The summed E-state index contributed by atoms with van der Waals surface area (Å²) in [4.78, 5) is 20.7. The first kappa shape index (κ1) is 11.1. The summed E-state index contributed by atoms with van der Waals surface area (Å²) in [6.07, 6.45) is 8.26. The van der Waals surface area contributed by atoms with Gasteiger partial charge in [0.2, 0.25) is 0 Å². The van der Waals surface area contributed by atoms with E-state index in [1.54, 1.807) is 0 Å². The molecule has 0 aliphatic heterocycles. The van der Waals surface area contributed by atoms with E-state index < -0.39 is 0 Å². The molecule has 0 saturated carbocycles. The molecule has 2 nitrogen and oxygen atoms in total. The minimum absolute atomic E-state index is 0.318. The average Bonchev–Trinajstić information content (AvgIpc) is 2.10. The molecule has 0 bridgehead atoms. The average molecular weight is 168 g/mol. The van der Waals surface area contributed by atoms with Crippen molar-refractivity contribution < 1.29 is 9.59 Å². The molecule has 0 spiro atoms. The Morgan fingerprint density at radius 2 is 2.08 bits per heavy atom. The molecule has 0 rings (SSSR count). The molecule has 0 aliphatic rings. The number of rotatable bonds is 7. The maximum absolute atomic E-state index is 10.8. The zero-order valence-electron chi connectivity index (χ0n) is 7.58. The van der Waals surface area contributed by atoms with Gasteiger partial charge in [-0.3, -0.25) is 4.79 Å². The van der Waals surface area contributed by atoms with E-state index in [0.717, 1.165) is 19.1 Å². The summed E-state index contributed by atoms with van der Waals surface area (Å²) in [6, 6.07) is 0. The van der Waals surface area contributed by atoms with E-state index in [-0.39, 0.29) is 0 Å². The van der Waals surface area contributed by atoms with Crippen molar-refractivity contribution in [3.63, 3.8) is 0 Å². The van der Waals surface area contributed by atoms with Crippen LogP contribution in [0.15, 0.2) is 12.2 Å². The molecule has 0 unspecified atom stereocenters. The van der Waals surface area contributed by atoms with Crippen molar-refractivity contribution in [2.45, 2.75) is 39.0 Å². The number of carbonyl (C=O) groups is 2. The molecule has 12 heavy (non-hydrogen) atoms. The lowest BCUT2D eigenvalue weighted by Crippen LogP contribution is -1.93. The van der Waals surface area contributed by atoms with E-state index in [1.165, 1.54) is 0 Å². The minimum atomic E-state index is 0.318. The first-order valence-corrected chi connectivity index (χ1v) is 4.41. The maximum Gasteiger partial charge on any atom is 0.132 e. The Morgan fingerprint density at radius 1 is 1.33 bits per heavy atom. The highest BCUT2D eigenvalue weighted by molar-refractivity contribution is 5.77. The molecule has 68 valence electrons. The number of allylic oxidation sites excluding steroid dienone is 2. The van der Waals surface area contributed by atoms with Crippen LogP contribution in [-0.2, 0) is 9.59 Å². The number of hydrogen-bond donors (Lipinski definition) is 0. The van der Waals surface area contributed by atoms with Crippen LogP contribution in [0, 0.1) is 0 Å². The molecule has 0 saturated heterocycles. The summed E-state index contributed by atoms with van der Waals surface area (Å²) in [6.45, 7) is 1.88. The third-order valence-corrected chi connectivity index (χ3v) is 1.62. The largest absolute Gasteiger partial charge is 0.303 e. The number of Topliss-reactive ketones (excluding diaryl/α,β-unsaturated/α-hetero) is 1. The number of unbranched alkanes of at least 4 members (excludes halogenated alkanes) is 1. The van der Waals surface area contributed by atoms with E-state index in [1.807, 2.05) is 19.1 Å². The number of ketones is 1. The standard InChI is InChI=1S/C10H16O2/c1-2-10(12)8-6-4-3-5-7-9-11/h3,5,9H,2,4,6-8H2,1H3. The second-order valence-corrected chi connectivity index (χ2v) is 2.66. The van der Waals surface area contributed by atoms with Gasteiger partial charge < -0.3 is 4.79 Å². The predicted molar refractivity (Wildman–Crippen MR) is 49.0 cm³/mol. The zero-order chi connectivity index (χ0) is 9.23. The fourth-order valence-corrected chi connectivity index (χ4v) is 0.863. The van der Waals surface area contributed by atoms with Crippen LogP contribution in [0.5, 0.6) is 0 Å². The number of carbonyl (C=O) groups excluding carboxylic acids is 2. The fraction of sp³-hybridized carbons (Fsp3) is 0.600. The zero-order valence-corrected chi connectivity index (χ0v) is 7.58. The lowest BCUT2D eigenvalue weighted by Gasteiger charge is -1.93. The smallest absolute Gasteiger partial charge is 0.132 e. The molecule has 0 atom stereocenters. The predicted octanol–water partition coefficient (Wildman–Crippen LogP) is 2.28. The van der Waals surface area contributed by atoms with Gasteiger partial charge in [0.1, 0.15) is 12.1 Å². The number of hydrogen-bond acceptors (Lipinski definition) is 2. The van der Waals surface area contributed by atoms with Crippen LogP contribution in [0.4, 0.5) is 0 Å². The highest BCUT2D eigenvalue weighted by atomic mass is 16.1. The van der Waals surface area contributed by atoms with Gasteiger partial charge in [-0.05, 0) is 12.8 Å². The summed E-state index contributed by atoms with van der Waals surface area (Å²) < 4.78 is 0. The second kappa shape index (κ2) is 8.18. The first-order chi connectivity index (χ1) is 5.81. The summed E-state index contributed by atoms with van der Waals surface area (Å²) in [7, 11) is 0. The van der Waals surface area contributed by atoms with Gasteiger partial charge in [0.25, 0.3) is 0 Å². The Bertz CT molecular complexity index is 159. The van der Waals surface area contributed by atoms with Crippen molar-refractivity contribution in [3.8, 4) is 0 Å². The summed E-state index contributed by atoms with van der Waals surface area (Å²) >= 11 is 0. The van der Waals surface area contributed by atoms with E-state index in [4.69, 9.17) is 0 Å². The normalized spacial score (nSPS) is 10.4. The highest BCUT2D eigenvalue weighted by Gasteiger charge is 1.94. The van der Waals surface area contributed by atoms with Crippen molar-refractivity contribution in [1.29, 1.82) is 0 Å². The van der Waals surface area contributed by atoms with Gasteiger partial charge in [-0.1, -0.05) is 19.1 Å². The number of aldehydes is 1. The van der Waals surface area contributed by atoms with Crippen LogP contribution >= 0.6 is 0 Å². The SMILES string of the molecule is CCC(=O)CCCC=CCC=O. The van der Waals surface area contributed by atoms with Crippen LogP contribution < -0.4 is 0 Å². The second-order valence-electron chi connectivity index (χ2n) is 2.66. The Balaban J connectivity index is 3.20. The van der Waals surface area contributed by atoms with Gasteiger partial charge in [-0.25, -0.2) is 0 Å². The molecule has 0 aromatic carbocycles. The highest BCUT2D eigenvalue weighted by Crippen LogP contribution is 1.99. The Kier molecular flexibility index (Phi) is 7.55.